The molecule has 2 nitrogen and oxygen atoms in total. The first kappa shape index (κ1) is 18.3. The molecule has 2 heteroatoms. The van der Waals surface area contributed by atoms with Crippen molar-refractivity contribution < 1.29 is 0 Å². The van der Waals surface area contributed by atoms with Gasteiger partial charge in [0.25, 0.3) is 0 Å². The second-order valence-corrected chi connectivity index (χ2v) is 6.38. The smallest absolute Gasteiger partial charge is 0.190 e. The van der Waals surface area contributed by atoms with Crippen molar-refractivity contribution in [2.45, 2.75) is 71.8 Å². The third kappa shape index (κ3) is 4.99. The molecule has 0 unspecified atom stereocenters. The molecule has 0 atom stereocenters. The molecule has 128 valence electrons. The number of fused-ring (bicyclic) bond motifs is 1. The van der Waals surface area contributed by atoms with Gasteiger partial charge in [0.1, 0.15) is 0 Å². The van der Waals surface area contributed by atoms with Crippen molar-refractivity contribution in [2.75, 3.05) is 0 Å². The summed E-state index contributed by atoms with van der Waals surface area (Å²) in [6.45, 7) is 5.28. The first-order chi connectivity index (χ1) is 11.8. The fraction of sp³-hybridized carbons (Fsp3) is 0.500. The Balaban J connectivity index is 2.10. The van der Waals surface area contributed by atoms with Crippen molar-refractivity contribution in [2.24, 2.45) is 0 Å². The van der Waals surface area contributed by atoms with E-state index < -0.39 is 0 Å². The molecular formula is C22H29NO. The topological polar surface area (TPSA) is 22.0 Å². The summed E-state index contributed by atoms with van der Waals surface area (Å²) in [5.74, 6) is 6.52. The molecule has 0 amide bonds. The average Bonchev–Trinajstić information content (AvgIpc) is 2.60. The summed E-state index contributed by atoms with van der Waals surface area (Å²) in [5, 5.41) is 0.785. The molecule has 0 radical (unpaired) electrons. The first-order valence-electron chi connectivity index (χ1n) is 9.39. The summed E-state index contributed by atoms with van der Waals surface area (Å²) in [7, 11) is 0. The standard InChI is InChI=1S/C22H29NO/c1-3-5-6-7-8-9-10-11-14-19-18-22(24)20-15-12-13-16-21(20)23(19)17-4-2/h12-13,15-16,18H,3-10,17H2,1-2H3. The van der Waals surface area contributed by atoms with Gasteiger partial charge in [0.05, 0.1) is 11.2 Å². The van der Waals surface area contributed by atoms with Gasteiger partial charge in [-0.3, -0.25) is 4.79 Å². The van der Waals surface area contributed by atoms with Crippen molar-refractivity contribution in [1.29, 1.82) is 0 Å². The SMILES string of the molecule is CCCCCCCCC#Cc1cc(=O)c2ccccc2n1CCC. The minimum atomic E-state index is 0.0711. The minimum absolute atomic E-state index is 0.0711. The van der Waals surface area contributed by atoms with Crippen LogP contribution < -0.4 is 5.43 Å². The van der Waals surface area contributed by atoms with Gasteiger partial charge in [-0.1, -0.05) is 64.0 Å². The second-order valence-electron chi connectivity index (χ2n) is 6.38. The Morgan fingerprint density at radius 1 is 0.958 bits per heavy atom. The van der Waals surface area contributed by atoms with Gasteiger partial charge in [-0.15, -0.1) is 0 Å². The Labute approximate surface area is 145 Å². The molecule has 0 bridgehead atoms. The fourth-order valence-corrected chi connectivity index (χ4v) is 3.04. The maximum Gasteiger partial charge on any atom is 0.190 e. The van der Waals surface area contributed by atoms with Gasteiger partial charge in [0, 0.05) is 24.4 Å². The predicted octanol–water partition coefficient (Wildman–Crippen LogP) is 5.51. The van der Waals surface area contributed by atoms with Crippen molar-refractivity contribution in [3.63, 3.8) is 0 Å². The van der Waals surface area contributed by atoms with Gasteiger partial charge in [-0.25, -0.2) is 0 Å². The zero-order chi connectivity index (χ0) is 17.2. The molecule has 1 heterocycles. The van der Waals surface area contributed by atoms with E-state index in [2.05, 4.69) is 30.3 Å². The number of pyridine rings is 1. The Kier molecular flexibility index (Phi) is 7.62. The lowest BCUT2D eigenvalue weighted by Gasteiger charge is -2.12. The van der Waals surface area contributed by atoms with Crippen LogP contribution in [0.25, 0.3) is 10.9 Å². The minimum Gasteiger partial charge on any atom is -0.334 e. The van der Waals surface area contributed by atoms with Gasteiger partial charge >= 0.3 is 0 Å². The third-order valence-corrected chi connectivity index (χ3v) is 4.34. The molecule has 0 spiro atoms. The first-order valence-corrected chi connectivity index (χ1v) is 9.39. The van der Waals surface area contributed by atoms with Crippen molar-refractivity contribution in [3.8, 4) is 11.8 Å². The number of para-hydroxylation sites is 1. The van der Waals surface area contributed by atoms with E-state index >= 15 is 0 Å². The van der Waals surface area contributed by atoms with Crippen LogP contribution in [0.5, 0.6) is 0 Å². The highest BCUT2D eigenvalue weighted by Crippen LogP contribution is 2.13. The summed E-state index contributed by atoms with van der Waals surface area (Å²) in [6, 6.07) is 9.53. The number of hydrogen-bond acceptors (Lipinski definition) is 1. The van der Waals surface area contributed by atoms with Crippen molar-refractivity contribution in [1.82, 2.24) is 4.57 Å². The van der Waals surface area contributed by atoms with Crippen LogP contribution in [0.1, 0.15) is 70.9 Å². The van der Waals surface area contributed by atoms with E-state index in [9.17, 15) is 4.79 Å². The quantitative estimate of drug-likeness (QED) is 0.463. The average molecular weight is 323 g/mol. The largest absolute Gasteiger partial charge is 0.334 e. The van der Waals surface area contributed by atoms with E-state index in [0.29, 0.717) is 0 Å². The van der Waals surface area contributed by atoms with Gasteiger partial charge in [-0.2, -0.15) is 0 Å². The third-order valence-electron chi connectivity index (χ3n) is 4.34. The fourth-order valence-electron chi connectivity index (χ4n) is 3.04. The molecule has 0 aliphatic heterocycles. The lowest BCUT2D eigenvalue weighted by Crippen LogP contribution is -2.12. The van der Waals surface area contributed by atoms with Crippen molar-refractivity contribution >= 4 is 10.9 Å². The van der Waals surface area contributed by atoms with Crippen LogP contribution in [0.2, 0.25) is 0 Å². The predicted molar refractivity (Wildman–Crippen MR) is 103 cm³/mol. The zero-order valence-corrected chi connectivity index (χ0v) is 15.1. The van der Waals surface area contributed by atoms with E-state index in [1.54, 1.807) is 6.07 Å². The van der Waals surface area contributed by atoms with E-state index in [-0.39, 0.29) is 5.43 Å². The number of benzene rings is 1. The van der Waals surface area contributed by atoms with Crippen LogP contribution in [0.15, 0.2) is 35.1 Å². The maximum atomic E-state index is 12.3. The molecule has 2 aromatic rings. The van der Waals surface area contributed by atoms with Crippen LogP contribution in [0.4, 0.5) is 0 Å². The lowest BCUT2D eigenvalue weighted by atomic mass is 10.1. The summed E-state index contributed by atoms with van der Waals surface area (Å²) in [4.78, 5) is 12.3. The number of aromatic nitrogens is 1. The van der Waals surface area contributed by atoms with Crippen LogP contribution in [-0.2, 0) is 6.54 Å². The Morgan fingerprint density at radius 3 is 2.50 bits per heavy atom. The second kappa shape index (κ2) is 9.98. The molecular weight excluding hydrogens is 294 g/mol. The molecule has 0 aliphatic carbocycles. The Bertz CT molecular complexity index is 761. The van der Waals surface area contributed by atoms with E-state index in [4.69, 9.17) is 0 Å². The highest BCUT2D eigenvalue weighted by atomic mass is 16.1. The van der Waals surface area contributed by atoms with Gasteiger partial charge < -0.3 is 4.57 Å². The molecule has 1 aromatic carbocycles. The van der Waals surface area contributed by atoms with E-state index in [1.165, 1.54) is 32.1 Å². The van der Waals surface area contributed by atoms with Gasteiger partial charge in [0.15, 0.2) is 5.43 Å². The molecule has 2 rings (SSSR count). The molecule has 0 aliphatic rings. The number of rotatable bonds is 8. The lowest BCUT2D eigenvalue weighted by molar-refractivity contribution is 0.614. The molecule has 0 saturated carbocycles. The van der Waals surface area contributed by atoms with E-state index in [0.717, 1.165) is 42.4 Å². The number of unbranched alkanes of at least 4 members (excludes halogenated alkanes) is 6. The molecule has 0 fully saturated rings. The molecule has 24 heavy (non-hydrogen) atoms. The Morgan fingerprint density at radius 2 is 1.71 bits per heavy atom. The van der Waals surface area contributed by atoms with E-state index in [1.807, 2.05) is 24.3 Å². The summed E-state index contributed by atoms with van der Waals surface area (Å²) >= 11 is 0. The highest BCUT2D eigenvalue weighted by Gasteiger charge is 2.06. The summed E-state index contributed by atoms with van der Waals surface area (Å²) in [5.41, 5.74) is 1.92. The van der Waals surface area contributed by atoms with Gasteiger partial charge in [-0.05, 0) is 30.9 Å². The maximum absolute atomic E-state index is 12.3. The highest BCUT2D eigenvalue weighted by molar-refractivity contribution is 5.79. The van der Waals surface area contributed by atoms with Crippen LogP contribution in [0.3, 0.4) is 0 Å². The summed E-state index contributed by atoms with van der Waals surface area (Å²) in [6.07, 6.45) is 9.63. The Hall–Kier alpha value is -2.01. The zero-order valence-electron chi connectivity index (χ0n) is 15.1. The monoisotopic (exact) mass is 323 g/mol. The van der Waals surface area contributed by atoms with Crippen LogP contribution >= 0.6 is 0 Å². The van der Waals surface area contributed by atoms with Crippen LogP contribution in [-0.4, -0.2) is 4.57 Å². The van der Waals surface area contributed by atoms with Crippen LogP contribution in [0, 0.1) is 11.8 Å². The molecule has 0 N–H and O–H groups in total. The number of aryl methyl sites for hydroxylation is 1. The molecule has 1 aromatic heterocycles. The summed E-state index contributed by atoms with van der Waals surface area (Å²) < 4.78 is 2.19. The van der Waals surface area contributed by atoms with Gasteiger partial charge in [0.2, 0.25) is 0 Å². The number of nitrogens with zero attached hydrogens (tertiary/aromatic N) is 1. The normalized spacial score (nSPS) is 10.6. The van der Waals surface area contributed by atoms with Crippen molar-refractivity contribution in [3.05, 3.63) is 46.2 Å². The number of hydrogen-bond donors (Lipinski definition) is 0. The molecule has 0 saturated heterocycles.